The number of nitrogens with one attached hydrogen (secondary N) is 1. The van der Waals surface area contributed by atoms with Gasteiger partial charge in [0.25, 0.3) is 6.43 Å². The minimum atomic E-state index is -2.68. The van der Waals surface area contributed by atoms with E-state index >= 15 is 0 Å². The van der Waals surface area contributed by atoms with E-state index < -0.39 is 12.2 Å². The summed E-state index contributed by atoms with van der Waals surface area (Å²) < 4.78 is 26.4. The van der Waals surface area contributed by atoms with Crippen LogP contribution in [0.1, 0.15) is 36.2 Å². The van der Waals surface area contributed by atoms with Gasteiger partial charge in [0.05, 0.1) is 5.52 Å². The van der Waals surface area contributed by atoms with E-state index in [-0.39, 0.29) is 6.04 Å². The van der Waals surface area contributed by atoms with Gasteiger partial charge in [0, 0.05) is 31.1 Å². The quantitative estimate of drug-likeness (QED) is 0.678. The SMILES string of the molecule is Cc1ccccc1CN1CCC(Nc2nc(C(F)F)nc3ccccc23)CC1. The van der Waals surface area contributed by atoms with Crippen molar-refractivity contribution in [3.8, 4) is 0 Å². The fraction of sp³-hybridized carbons (Fsp3) is 0.364. The number of alkyl halides is 2. The van der Waals surface area contributed by atoms with Crippen LogP contribution in [0.4, 0.5) is 14.6 Å². The number of para-hydroxylation sites is 1. The number of aromatic nitrogens is 2. The predicted octanol–water partition coefficient (Wildman–Crippen LogP) is 4.95. The third-order valence-corrected chi connectivity index (χ3v) is 5.40. The van der Waals surface area contributed by atoms with Crippen LogP contribution >= 0.6 is 0 Å². The average Bonchev–Trinajstić information content (AvgIpc) is 2.71. The van der Waals surface area contributed by atoms with E-state index in [2.05, 4.69) is 51.4 Å². The zero-order valence-corrected chi connectivity index (χ0v) is 15.9. The van der Waals surface area contributed by atoms with Gasteiger partial charge in [0.15, 0.2) is 5.82 Å². The third kappa shape index (κ3) is 4.12. The molecule has 0 radical (unpaired) electrons. The summed E-state index contributed by atoms with van der Waals surface area (Å²) in [5.74, 6) is 0.0939. The number of halogens is 2. The number of aryl methyl sites for hydroxylation is 1. The Kier molecular flexibility index (Phi) is 5.48. The summed E-state index contributed by atoms with van der Waals surface area (Å²) in [6.45, 7) is 5.03. The van der Waals surface area contributed by atoms with Crippen molar-refractivity contribution in [1.29, 1.82) is 0 Å². The normalized spacial score (nSPS) is 16.0. The zero-order chi connectivity index (χ0) is 19.5. The van der Waals surface area contributed by atoms with E-state index in [1.165, 1.54) is 11.1 Å². The minimum Gasteiger partial charge on any atom is -0.367 e. The smallest absolute Gasteiger partial charge is 0.297 e. The van der Waals surface area contributed by atoms with Gasteiger partial charge in [-0.15, -0.1) is 0 Å². The summed E-state index contributed by atoms with van der Waals surface area (Å²) in [7, 11) is 0. The summed E-state index contributed by atoms with van der Waals surface area (Å²) in [5.41, 5.74) is 3.22. The lowest BCUT2D eigenvalue weighted by Crippen LogP contribution is -2.39. The Labute approximate surface area is 163 Å². The lowest BCUT2D eigenvalue weighted by Gasteiger charge is -2.33. The number of hydrogen-bond acceptors (Lipinski definition) is 4. The molecule has 4 rings (SSSR count). The highest BCUT2D eigenvalue weighted by atomic mass is 19.3. The largest absolute Gasteiger partial charge is 0.367 e. The van der Waals surface area contributed by atoms with Gasteiger partial charge < -0.3 is 5.32 Å². The van der Waals surface area contributed by atoms with Crippen LogP contribution in [0, 0.1) is 6.92 Å². The third-order valence-electron chi connectivity index (χ3n) is 5.40. The molecular formula is C22H24F2N4. The maximum absolute atomic E-state index is 13.2. The van der Waals surface area contributed by atoms with Gasteiger partial charge in [-0.1, -0.05) is 36.4 Å². The molecule has 3 aromatic rings. The van der Waals surface area contributed by atoms with Crippen molar-refractivity contribution in [2.45, 2.75) is 38.8 Å². The lowest BCUT2D eigenvalue weighted by molar-refractivity contribution is 0.141. The molecule has 0 atom stereocenters. The van der Waals surface area contributed by atoms with E-state index in [0.717, 1.165) is 37.9 Å². The average molecular weight is 382 g/mol. The molecule has 1 aromatic heterocycles. The highest BCUT2D eigenvalue weighted by molar-refractivity contribution is 5.89. The standard InChI is InChI=1S/C22H24F2N4/c1-15-6-2-3-7-16(15)14-28-12-10-17(11-13-28)25-21-18-8-4-5-9-19(18)26-22(27-21)20(23)24/h2-9,17,20H,10-14H2,1H3,(H,25,26,27). The van der Waals surface area contributed by atoms with Crippen LogP contribution in [0.25, 0.3) is 10.9 Å². The Hall–Kier alpha value is -2.60. The first-order chi connectivity index (χ1) is 13.6. The molecule has 1 fully saturated rings. The van der Waals surface area contributed by atoms with E-state index in [1.54, 1.807) is 12.1 Å². The number of piperidine rings is 1. The molecule has 4 nitrogen and oxygen atoms in total. The van der Waals surface area contributed by atoms with Crippen molar-refractivity contribution in [1.82, 2.24) is 14.9 Å². The Bertz CT molecular complexity index is 952. The van der Waals surface area contributed by atoms with E-state index in [0.29, 0.717) is 11.3 Å². The summed E-state index contributed by atoms with van der Waals surface area (Å²) in [5, 5.41) is 4.19. The molecule has 146 valence electrons. The summed E-state index contributed by atoms with van der Waals surface area (Å²) in [6, 6.07) is 16.0. The summed E-state index contributed by atoms with van der Waals surface area (Å²) in [4.78, 5) is 10.5. The molecule has 0 saturated carbocycles. The second-order valence-corrected chi connectivity index (χ2v) is 7.37. The van der Waals surface area contributed by atoms with Crippen LogP contribution in [-0.4, -0.2) is 34.0 Å². The molecule has 1 aliphatic rings. The van der Waals surface area contributed by atoms with Crippen molar-refractivity contribution in [3.63, 3.8) is 0 Å². The first kappa shape index (κ1) is 18.7. The summed E-state index contributed by atoms with van der Waals surface area (Å²) >= 11 is 0. The molecule has 6 heteroatoms. The fourth-order valence-electron chi connectivity index (χ4n) is 3.76. The van der Waals surface area contributed by atoms with Gasteiger partial charge in [-0.2, -0.15) is 0 Å². The molecule has 2 aromatic carbocycles. The molecule has 28 heavy (non-hydrogen) atoms. The monoisotopic (exact) mass is 382 g/mol. The van der Waals surface area contributed by atoms with Crippen molar-refractivity contribution in [2.75, 3.05) is 18.4 Å². The Morgan fingerprint density at radius 1 is 1.04 bits per heavy atom. The van der Waals surface area contributed by atoms with Crippen LogP contribution in [-0.2, 0) is 6.54 Å². The van der Waals surface area contributed by atoms with Crippen LogP contribution in [0.15, 0.2) is 48.5 Å². The molecule has 0 amide bonds. The maximum atomic E-state index is 13.2. The fourth-order valence-corrected chi connectivity index (χ4v) is 3.76. The molecule has 1 aliphatic heterocycles. The van der Waals surface area contributed by atoms with Crippen molar-refractivity contribution < 1.29 is 8.78 Å². The zero-order valence-electron chi connectivity index (χ0n) is 15.9. The minimum absolute atomic E-state index is 0.219. The summed E-state index contributed by atoms with van der Waals surface area (Å²) in [6.07, 6.45) is -0.774. The number of hydrogen-bond donors (Lipinski definition) is 1. The molecular weight excluding hydrogens is 358 g/mol. The Morgan fingerprint density at radius 2 is 1.75 bits per heavy atom. The highest BCUT2D eigenvalue weighted by Crippen LogP contribution is 2.26. The van der Waals surface area contributed by atoms with Gasteiger partial charge in [-0.25, -0.2) is 18.7 Å². The molecule has 1 N–H and O–H groups in total. The van der Waals surface area contributed by atoms with E-state index in [9.17, 15) is 8.78 Å². The van der Waals surface area contributed by atoms with E-state index in [1.807, 2.05) is 12.1 Å². The second kappa shape index (κ2) is 8.19. The van der Waals surface area contributed by atoms with Crippen LogP contribution in [0.5, 0.6) is 0 Å². The molecule has 0 bridgehead atoms. The Morgan fingerprint density at radius 3 is 2.50 bits per heavy atom. The number of anilines is 1. The molecule has 0 spiro atoms. The number of nitrogens with zero attached hydrogens (tertiary/aromatic N) is 3. The van der Waals surface area contributed by atoms with Gasteiger partial charge >= 0.3 is 0 Å². The molecule has 2 heterocycles. The van der Waals surface area contributed by atoms with Gasteiger partial charge in [0.1, 0.15) is 5.82 Å². The molecule has 0 unspecified atom stereocenters. The van der Waals surface area contributed by atoms with Crippen LogP contribution < -0.4 is 5.32 Å². The highest BCUT2D eigenvalue weighted by Gasteiger charge is 2.22. The van der Waals surface area contributed by atoms with Gasteiger partial charge in [0.2, 0.25) is 0 Å². The number of fused-ring (bicyclic) bond motifs is 1. The second-order valence-electron chi connectivity index (χ2n) is 7.37. The van der Waals surface area contributed by atoms with Crippen LogP contribution in [0.3, 0.4) is 0 Å². The lowest BCUT2D eigenvalue weighted by atomic mass is 10.0. The number of likely N-dealkylation sites (tertiary alicyclic amines) is 1. The number of benzene rings is 2. The number of rotatable bonds is 5. The molecule has 0 aliphatic carbocycles. The van der Waals surface area contributed by atoms with Gasteiger partial charge in [-0.05, 0) is 43.0 Å². The maximum Gasteiger partial charge on any atom is 0.297 e. The van der Waals surface area contributed by atoms with Crippen molar-refractivity contribution in [2.24, 2.45) is 0 Å². The topological polar surface area (TPSA) is 41.0 Å². The van der Waals surface area contributed by atoms with Crippen molar-refractivity contribution in [3.05, 3.63) is 65.5 Å². The first-order valence-corrected chi connectivity index (χ1v) is 9.68. The van der Waals surface area contributed by atoms with Gasteiger partial charge in [-0.3, -0.25) is 4.90 Å². The predicted molar refractivity (Wildman–Crippen MR) is 108 cm³/mol. The molecule has 1 saturated heterocycles. The Balaban J connectivity index is 1.44. The van der Waals surface area contributed by atoms with E-state index in [4.69, 9.17) is 0 Å². The van der Waals surface area contributed by atoms with Crippen molar-refractivity contribution >= 4 is 16.7 Å². The van der Waals surface area contributed by atoms with Crippen LogP contribution in [0.2, 0.25) is 0 Å². The first-order valence-electron chi connectivity index (χ1n) is 9.68.